The Morgan fingerprint density at radius 1 is 0.388 bits per heavy atom. The molecule has 0 radical (unpaired) electrons. The number of unbranched alkanes of at least 4 members (excludes halogenated alkanes) is 8. The van der Waals surface area contributed by atoms with Crippen molar-refractivity contribution < 1.29 is 117 Å². The summed E-state index contributed by atoms with van der Waals surface area (Å²) >= 11 is 0. The normalized spacial score (nSPS) is 12.1. The van der Waals surface area contributed by atoms with Crippen molar-refractivity contribution in [1.82, 2.24) is 21.3 Å². The molecule has 0 fully saturated rings. The lowest BCUT2D eigenvalue weighted by Gasteiger charge is -2.19. The summed E-state index contributed by atoms with van der Waals surface area (Å²) in [5, 5.41) is 81.3. The molecule has 4 amide bonds. The van der Waals surface area contributed by atoms with E-state index in [0.29, 0.717) is 70.6 Å². The van der Waals surface area contributed by atoms with Gasteiger partial charge in [0.2, 0.25) is 5.91 Å². The van der Waals surface area contributed by atoms with Gasteiger partial charge < -0.3 is 80.0 Å². The molecule has 0 spiro atoms. The lowest BCUT2D eigenvalue weighted by atomic mass is 10.00. The summed E-state index contributed by atoms with van der Waals surface area (Å²) in [7, 11) is 0. The van der Waals surface area contributed by atoms with Gasteiger partial charge >= 0.3 is 42.2 Å². The average Bonchev–Trinajstić information content (AvgIpc) is 3.49. The van der Waals surface area contributed by atoms with Gasteiger partial charge in [0, 0.05) is 6.42 Å². The zero-order valence-corrected chi connectivity index (χ0v) is 49.7. The van der Waals surface area contributed by atoms with Gasteiger partial charge in [-0.2, -0.15) is 0 Å². The number of hydrogen-bond donors (Lipinski definition) is 8. The molecule has 5 unspecified atom stereocenters. The zero-order valence-electron chi connectivity index (χ0n) is 49.7. The highest BCUT2D eigenvalue weighted by Gasteiger charge is 2.26. The molecule has 0 rings (SSSR count). The van der Waals surface area contributed by atoms with Crippen LogP contribution in [0.4, 0.5) is 14.4 Å². The van der Waals surface area contributed by atoms with Crippen molar-refractivity contribution in [3.8, 4) is 0 Å². The van der Waals surface area contributed by atoms with Crippen molar-refractivity contribution in [3.63, 3.8) is 0 Å². The molecular formula is C49H90N8O28. The van der Waals surface area contributed by atoms with Gasteiger partial charge in [-0.25, -0.2) is 33.6 Å². The van der Waals surface area contributed by atoms with Gasteiger partial charge in [0.25, 0.3) is 20.3 Å². The molecule has 0 aromatic carbocycles. The summed E-state index contributed by atoms with van der Waals surface area (Å²) < 4.78 is 19.4. The van der Waals surface area contributed by atoms with Crippen LogP contribution in [0.2, 0.25) is 0 Å². The highest BCUT2D eigenvalue weighted by atomic mass is 17.0. The van der Waals surface area contributed by atoms with E-state index in [1.807, 2.05) is 48.5 Å². The van der Waals surface area contributed by atoms with Gasteiger partial charge in [0.05, 0.1) is 46.2 Å². The maximum absolute atomic E-state index is 11.6. The Morgan fingerprint density at radius 3 is 1.02 bits per heavy atom. The van der Waals surface area contributed by atoms with Gasteiger partial charge in [0.1, 0.15) is 37.4 Å². The molecule has 5 atom stereocenters. The van der Waals surface area contributed by atoms with Crippen molar-refractivity contribution in [2.45, 2.75) is 182 Å². The number of nitrogens with one attached hydrogen (secondary N) is 4. The second-order valence-electron chi connectivity index (χ2n) is 19.6. The van der Waals surface area contributed by atoms with Crippen LogP contribution in [-0.4, -0.2) is 172 Å². The minimum atomic E-state index is -1.13. The van der Waals surface area contributed by atoms with Gasteiger partial charge in [-0.05, 0) is 94.3 Å². The summed E-state index contributed by atoms with van der Waals surface area (Å²) in [5.41, 5.74) is 0. The summed E-state index contributed by atoms with van der Waals surface area (Å²) in [6.45, 7) is 14.9. The lowest BCUT2D eigenvalue weighted by Crippen LogP contribution is -2.45. The van der Waals surface area contributed by atoms with Crippen LogP contribution in [0.5, 0.6) is 0 Å². The third-order valence-corrected chi connectivity index (χ3v) is 10.8. The first-order chi connectivity index (χ1) is 39.9. The SMILES string of the molecule is CC(C)CC(NC(=O)CCCCCO[N+](=O)[O-])C(=O)O.CC(C)CC(NC(=O)OCCCCCCO[N+](=O)[O-])C(=O)O.CC(C)CC(NC(=O)OCCOCCO[N+](=O)[O-])C(=O)O.CCC(C)C(NC(=O)OCCCCCCO[N+](=O)[O-])C(=O)O. The average molecular weight is 1240 g/mol. The molecule has 0 aliphatic carbocycles. The number of carboxylic acids is 4. The molecule has 0 saturated carbocycles. The topological polar surface area (TPSA) is 512 Å². The first-order valence-electron chi connectivity index (χ1n) is 27.5. The maximum atomic E-state index is 11.6. The van der Waals surface area contributed by atoms with Crippen molar-refractivity contribution in [3.05, 3.63) is 40.5 Å². The fourth-order valence-electron chi connectivity index (χ4n) is 6.46. The van der Waals surface area contributed by atoms with Gasteiger partial charge in [-0.15, -0.1) is 40.5 Å². The van der Waals surface area contributed by atoms with E-state index in [0.717, 1.165) is 25.7 Å². The van der Waals surface area contributed by atoms with Crippen molar-refractivity contribution in [2.75, 3.05) is 59.5 Å². The molecule has 85 heavy (non-hydrogen) atoms. The Labute approximate surface area is 491 Å². The first-order valence-corrected chi connectivity index (χ1v) is 27.5. The predicted octanol–water partition coefficient (Wildman–Crippen LogP) is 5.77. The Balaban J connectivity index is -0.000000515. The van der Waals surface area contributed by atoms with Crippen molar-refractivity contribution >= 4 is 48.1 Å². The minimum Gasteiger partial charge on any atom is -0.480 e. The van der Waals surface area contributed by atoms with Crippen molar-refractivity contribution in [2.24, 2.45) is 23.7 Å². The molecule has 0 heterocycles. The van der Waals surface area contributed by atoms with Crippen LogP contribution in [-0.2, 0) is 62.3 Å². The number of rotatable bonds is 46. The molecule has 0 aromatic rings. The van der Waals surface area contributed by atoms with Crippen molar-refractivity contribution in [1.29, 1.82) is 0 Å². The second kappa shape index (κ2) is 53.9. The number of carbonyl (C=O) groups excluding carboxylic acids is 4. The molecule has 0 aliphatic rings. The Bertz CT molecular complexity index is 1930. The number of ether oxygens (including phenoxy) is 4. The Morgan fingerprint density at radius 2 is 0.694 bits per heavy atom. The number of hydrogen-bond acceptors (Lipinski definition) is 24. The van der Waals surface area contributed by atoms with E-state index < -0.39 is 86.7 Å². The molecule has 0 saturated heterocycles. The highest BCUT2D eigenvalue weighted by Crippen LogP contribution is 2.11. The third-order valence-electron chi connectivity index (χ3n) is 10.8. The van der Waals surface area contributed by atoms with E-state index in [2.05, 4.69) is 40.6 Å². The smallest absolute Gasteiger partial charge is 0.407 e. The number of alkyl carbamates (subject to hydrolysis) is 3. The molecule has 36 heteroatoms. The van der Waals surface area contributed by atoms with Crippen LogP contribution < -0.4 is 21.3 Å². The summed E-state index contributed by atoms with van der Waals surface area (Å²) in [6.07, 6.45) is 6.40. The fourth-order valence-corrected chi connectivity index (χ4v) is 6.46. The Kier molecular flexibility index (Phi) is 52.9. The monoisotopic (exact) mass is 1240 g/mol. The van der Waals surface area contributed by atoms with Crippen LogP contribution in [0.3, 0.4) is 0 Å². The van der Waals surface area contributed by atoms with Crippen LogP contribution in [0.25, 0.3) is 0 Å². The quantitative estimate of drug-likeness (QED) is 0.0155. The minimum absolute atomic E-state index is 0.0136. The largest absolute Gasteiger partial charge is 0.480 e. The number of carboxylic acid groups (broad SMARTS) is 4. The molecule has 0 aliphatic heterocycles. The fraction of sp³-hybridized carbons (Fsp3) is 0.837. The van der Waals surface area contributed by atoms with E-state index >= 15 is 0 Å². The standard InChI is InChI=1S/2C13H24N2O7.C12H22N2O6.C11H20N2O8/c1-10(2)9-11(12(16)17)14-13(18)21-7-5-3-4-6-8-22-15(19)20;1-3-10(2)11(12(16)17)14-13(18)21-8-6-4-5-7-9-22-15(19)20;1-9(2)8-10(12(16)17)13-11(15)6-4-3-5-7-20-14(18)19;1-8(2)7-9(10(14)15)12-11(16)20-5-3-19-4-6-21-13(17)18/h2*10-11H,3-9H2,1-2H3,(H,14,18)(H,16,17);9-10H,3-8H2,1-2H3,(H,13,15)(H,16,17);8-9H,3-7H2,1-2H3,(H,12,16)(H,14,15). The third kappa shape index (κ3) is 60.3. The van der Waals surface area contributed by atoms with Gasteiger partial charge in [-0.3, -0.25) is 4.79 Å². The Hall–Kier alpha value is -8.08. The summed E-state index contributed by atoms with van der Waals surface area (Å²) in [4.78, 5) is 146. The lowest BCUT2D eigenvalue weighted by molar-refractivity contribution is -0.758. The number of amides is 4. The molecule has 36 nitrogen and oxygen atoms in total. The summed E-state index contributed by atoms with van der Waals surface area (Å²) in [6, 6.07) is -3.78. The highest BCUT2D eigenvalue weighted by molar-refractivity contribution is 5.83. The van der Waals surface area contributed by atoms with E-state index in [1.54, 1.807) is 6.92 Å². The van der Waals surface area contributed by atoms with Crippen LogP contribution in [0, 0.1) is 64.1 Å². The van der Waals surface area contributed by atoms with E-state index in [1.165, 1.54) is 0 Å². The summed E-state index contributed by atoms with van der Waals surface area (Å²) in [5.74, 6) is -4.41. The first kappa shape index (κ1) is 83.4. The van der Waals surface area contributed by atoms with E-state index in [4.69, 9.17) is 39.4 Å². The van der Waals surface area contributed by atoms with Gasteiger partial charge in [-0.1, -0.05) is 81.1 Å². The zero-order chi connectivity index (χ0) is 65.7. The predicted molar refractivity (Wildman–Crippen MR) is 293 cm³/mol. The number of nitrogens with zero attached hydrogens (tertiary/aromatic N) is 4. The molecular weight excluding hydrogens is 1150 g/mol. The van der Waals surface area contributed by atoms with Crippen LogP contribution in [0.15, 0.2) is 0 Å². The molecule has 8 N–H and O–H groups in total. The van der Waals surface area contributed by atoms with E-state index in [-0.39, 0.29) is 95.5 Å². The molecule has 494 valence electrons. The van der Waals surface area contributed by atoms with Gasteiger partial charge in [0.15, 0.2) is 0 Å². The maximum Gasteiger partial charge on any atom is 0.407 e. The second-order valence-corrected chi connectivity index (χ2v) is 19.6. The van der Waals surface area contributed by atoms with E-state index in [9.17, 15) is 78.8 Å². The number of aliphatic carboxylic acids is 4. The molecule has 0 bridgehead atoms. The van der Waals surface area contributed by atoms with Crippen LogP contribution in [0.1, 0.15) is 158 Å². The van der Waals surface area contributed by atoms with Crippen LogP contribution >= 0.6 is 0 Å². The number of carbonyl (C=O) groups is 8. The molecule has 0 aromatic heterocycles.